The molecule has 9 heavy (non-hydrogen) atoms. The minimum Gasteiger partial charge on any atom is -0.287 e. The van der Waals surface area contributed by atoms with Gasteiger partial charge in [0.05, 0.1) is 0 Å². The summed E-state index contributed by atoms with van der Waals surface area (Å²) in [4.78, 5) is 10.7. The van der Waals surface area contributed by atoms with Crippen molar-refractivity contribution in [1.29, 1.82) is 0 Å². The molecule has 0 fully saturated rings. The lowest BCUT2D eigenvalue weighted by atomic mass is 10.3. The Morgan fingerprint density at radius 2 is 2.33 bits per heavy atom. The third-order valence-electron chi connectivity index (χ3n) is 0.998. The molecule has 0 heterocycles. The monoisotopic (exact) mass is 145 g/mol. The molecular formula is C7H13OS. The van der Waals surface area contributed by atoms with Crippen molar-refractivity contribution >= 4 is 16.9 Å². The molecule has 0 N–H and O–H groups in total. The number of hydrogen-bond acceptors (Lipinski definition) is 2. The lowest BCUT2D eigenvalue weighted by molar-refractivity contribution is -0.111. The van der Waals surface area contributed by atoms with Crippen LogP contribution < -0.4 is 0 Å². The normalized spacial score (nSPS) is 9.56. The van der Waals surface area contributed by atoms with Crippen molar-refractivity contribution < 1.29 is 4.79 Å². The quantitative estimate of drug-likeness (QED) is 0.603. The number of rotatable bonds is 4. The molecule has 0 saturated heterocycles. The summed E-state index contributed by atoms with van der Waals surface area (Å²) in [5.41, 5.74) is 0. The zero-order valence-electron chi connectivity index (χ0n) is 5.85. The van der Waals surface area contributed by atoms with E-state index in [0.29, 0.717) is 5.75 Å². The summed E-state index contributed by atoms with van der Waals surface area (Å²) in [7, 11) is 0. The maximum Gasteiger partial charge on any atom is 0.188 e. The van der Waals surface area contributed by atoms with Crippen LogP contribution >= 0.6 is 11.8 Å². The van der Waals surface area contributed by atoms with Crippen LogP contribution in [0.25, 0.3) is 0 Å². The first-order valence-electron chi connectivity index (χ1n) is 3.26. The van der Waals surface area contributed by atoms with Crippen LogP contribution in [0.4, 0.5) is 0 Å². The van der Waals surface area contributed by atoms with Gasteiger partial charge in [0, 0.05) is 12.2 Å². The summed E-state index contributed by atoms with van der Waals surface area (Å²) in [5.74, 6) is 0.669. The number of hydrogen-bond donors (Lipinski definition) is 0. The van der Waals surface area contributed by atoms with Crippen LogP contribution in [0.5, 0.6) is 0 Å². The molecule has 0 aliphatic rings. The van der Waals surface area contributed by atoms with E-state index < -0.39 is 0 Å². The average Bonchev–Trinajstić information content (AvgIpc) is 1.85. The standard InChI is InChI=1S/C7H13OS/c1-3-5-6-7(8)9-4-2/h2-6H2,1H3. The predicted molar refractivity (Wildman–Crippen MR) is 42.3 cm³/mol. The Hall–Kier alpha value is 0.0200. The summed E-state index contributed by atoms with van der Waals surface area (Å²) in [5, 5.41) is 0.284. The third kappa shape index (κ3) is 5.90. The number of thioether (sulfide) groups is 1. The number of unbranched alkanes of at least 4 members (excludes halogenated alkanes) is 1. The molecule has 0 aliphatic carbocycles. The second kappa shape index (κ2) is 6.14. The predicted octanol–water partition coefficient (Wildman–Crippen LogP) is 2.27. The zero-order valence-corrected chi connectivity index (χ0v) is 6.67. The molecule has 0 rings (SSSR count). The highest BCUT2D eigenvalue weighted by Crippen LogP contribution is 2.06. The Balaban J connectivity index is 3.06. The highest BCUT2D eigenvalue weighted by atomic mass is 32.2. The van der Waals surface area contributed by atoms with Gasteiger partial charge in [-0.2, -0.15) is 0 Å². The van der Waals surface area contributed by atoms with Gasteiger partial charge in [-0.1, -0.05) is 25.1 Å². The molecule has 0 unspecified atom stereocenters. The fraction of sp³-hybridized carbons (Fsp3) is 0.714. The van der Waals surface area contributed by atoms with Crippen molar-refractivity contribution in [1.82, 2.24) is 0 Å². The molecule has 1 nitrogen and oxygen atoms in total. The van der Waals surface area contributed by atoms with Crippen LogP contribution in [0.2, 0.25) is 0 Å². The van der Waals surface area contributed by atoms with Gasteiger partial charge in [-0.25, -0.2) is 0 Å². The largest absolute Gasteiger partial charge is 0.287 e. The van der Waals surface area contributed by atoms with E-state index in [0.717, 1.165) is 19.3 Å². The molecule has 53 valence electrons. The van der Waals surface area contributed by atoms with Gasteiger partial charge in [0.15, 0.2) is 5.12 Å². The molecular weight excluding hydrogens is 132 g/mol. The number of carbonyl (C=O) groups excluding carboxylic acids is 1. The summed E-state index contributed by atoms with van der Waals surface area (Å²) >= 11 is 1.32. The van der Waals surface area contributed by atoms with Crippen molar-refractivity contribution in [2.24, 2.45) is 0 Å². The molecule has 0 aliphatic heterocycles. The van der Waals surface area contributed by atoms with Crippen molar-refractivity contribution in [2.45, 2.75) is 26.2 Å². The highest BCUT2D eigenvalue weighted by molar-refractivity contribution is 8.13. The van der Waals surface area contributed by atoms with Crippen LogP contribution in [0.1, 0.15) is 26.2 Å². The minimum absolute atomic E-state index is 0.284. The van der Waals surface area contributed by atoms with Gasteiger partial charge in [0.1, 0.15) is 0 Å². The van der Waals surface area contributed by atoms with Gasteiger partial charge in [0.25, 0.3) is 0 Å². The van der Waals surface area contributed by atoms with E-state index in [9.17, 15) is 4.79 Å². The van der Waals surface area contributed by atoms with Gasteiger partial charge in [-0.05, 0) is 13.3 Å². The molecule has 2 heteroatoms. The molecule has 0 saturated carbocycles. The average molecular weight is 145 g/mol. The van der Waals surface area contributed by atoms with Gasteiger partial charge < -0.3 is 0 Å². The maximum atomic E-state index is 10.7. The molecule has 0 atom stereocenters. The Labute approximate surface area is 61.2 Å². The molecule has 0 amide bonds. The maximum absolute atomic E-state index is 10.7. The summed E-state index contributed by atoms with van der Waals surface area (Å²) in [6.07, 6.45) is 2.84. The van der Waals surface area contributed by atoms with Gasteiger partial charge in [-0.15, -0.1) is 0 Å². The summed E-state index contributed by atoms with van der Waals surface area (Å²) in [6, 6.07) is 0. The first-order chi connectivity index (χ1) is 4.31. The zero-order chi connectivity index (χ0) is 7.11. The van der Waals surface area contributed by atoms with Gasteiger partial charge in [-0.3, -0.25) is 4.79 Å². The lowest BCUT2D eigenvalue weighted by Crippen LogP contribution is -1.90. The smallest absolute Gasteiger partial charge is 0.188 e. The molecule has 0 aromatic carbocycles. The fourth-order valence-corrected chi connectivity index (χ4v) is 1.02. The van der Waals surface area contributed by atoms with E-state index in [-0.39, 0.29) is 5.12 Å². The van der Waals surface area contributed by atoms with Crippen LogP contribution in [0.15, 0.2) is 0 Å². The van der Waals surface area contributed by atoms with Gasteiger partial charge in [0.2, 0.25) is 0 Å². The van der Waals surface area contributed by atoms with E-state index in [1.807, 2.05) is 0 Å². The summed E-state index contributed by atoms with van der Waals surface area (Å²) < 4.78 is 0. The highest BCUT2D eigenvalue weighted by Gasteiger charge is 1.97. The van der Waals surface area contributed by atoms with E-state index in [4.69, 9.17) is 0 Å². The Morgan fingerprint density at radius 3 is 2.78 bits per heavy atom. The van der Waals surface area contributed by atoms with Crippen LogP contribution in [-0.2, 0) is 4.79 Å². The number of carbonyl (C=O) groups is 1. The molecule has 0 aromatic heterocycles. The van der Waals surface area contributed by atoms with Crippen molar-refractivity contribution in [3.63, 3.8) is 0 Å². The molecule has 1 radical (unpaired) electrons. The van der Waals surface area contributed by atoms with Gasteiger partial charge >= 0.3 is 0 Å². The second-order valence-corrected chi connectivity index (χ2v) is 2.98. The van der Waals surface area contributed by atoms with E-state index >= 15 is 0 Å². The van der Waals surface area contributed by atoms with E-state index in [1.165, 1.54) is 11.8 Å². The Bertz CT molecular complexity index is 81.0. The van der Waals surface area contributed by atoms with Crippen molar-refractivity contribution in [2.75, 3.05) is 5.75 Å². The Kier molecular flexibility index (Phi) is 6.16. The first kappa shape index (κ1) is 9.02. The first-order valence-corrected chi connectivity index (χ1v) is 4.24. The van der Waals surface area contributed by atoms with E-state index in [1.54, 1.807) is 0 Å². The third-order valence-corrected chi connectivity index (χ3v) is 1.73. The van der Waals surface area contributed by atoms with E-state index in [2.05, 4.69) is 13.8 Å². The Morgan fingerprint density at radius 1 is 1.67 bits per heavy atom. The minimum atomic E-state index is 0.284. The SMILES string of the molecule is [CH2]CSC(=O)CCCC. The van der Waals surface area contributed by atoms with Crippen LogP contribution in [0.3, 0.4) is 0 Å². The van der Waals surface area contributed by atoms with Crippen LogP contribution in [0, 0.1) is 6.92 Å². The lowest BCUT2D eigenvalue weighted by Gasteiger charge is -1.93. The molecule has 0 aromatic rings. The fourth-order valence-electron chi connectivity index (χ4n) is 0.507. The molecule has 0 spiro atoms. The second-order valence-electron chi connectivity index (χ2n) is 1.82. The van der Waals surface area contributed by atoms with Crippen LogP contribution in [-0.4, -0.2) is 10.9 Å². The molecule has 0 bridgehead atoms. The summed E-state index contributed by atoms with van der Waals surface area (Å²) in [6.45, 7) is 5.66. The van der Waals surface area contributed by atoms with Crippen molar-refractivity contribution in [3.8, 4) is 0 Å². The topological polar surface area (TPSA) is 17.1 Å². The van der Waals surface area contributed by atoms with Crippen molar-refractivity contribution in [3.05, 3.63) is 6.92 Å².